The molecule has 1 nitrogen and oxygen atoms in total. The van der Waals surface area contributed by atoms with Crippen LogP contribution in [-0.2, 0) is 6.42 Å². The zero-order chi connectivity index (χ0) is 12.5. The van der Waals surface area contributed by atoms with Crippen LogP contribution in [0.5, 0.6) is 0 Å². The molecule has 1 saturated carbocycles. The van der Waals surface area contributed by atoms with Crippen molar-refractivity contribution >= 4 is 0 Å². The van der Waals surface area contributed by atoms with Gasteiger partial charge < -0.3 is 5.32 Å². The number of rotatable bonds is 2. The third-order valence-corrected chi connectivity index (χ3v) is 4.67. The molecule has 1 aromatic carbocycles. The fourth-order valence-corrected chi connectivity index (χ4v) is 3.49. The van der Waals surface area contributed by atoms with Crippen LogP contribution in [0.1, 0.15) is 56.2 Å². The molecule has 0 radical (unpaired) electrons. The highest BCUT2D eigenvalue weighted by Crippen LogP contribution is 2.34. The van der Waals surface area contributed by atoms with Crippen molar-refractivity contribution in [3.63, 3.8) is 0 Å². The highest BCUT2D eigenvalue weighted by atomic mass is 19.1. The van der Waals surface area contributed by atoms with Crippen molar-refractivity contribution in [2.45, 2.75) is 57.5 Å². The minimum absolute atomic E-state index is 0.0194. The second kappa shape index (κ2) is 5.00. The van der Waals surface area contributed by atoms with E-state index in [-0.39, 0.29) is 5.82 Å². The zero-order valence-corrected chi connectivity index (χ0v) is 11.1. The lowest BCUT2D eigenvalue weighted by Gasteiger charge is -2.30. The fraction of sp³-hybridized carbons (Fsp3) is 0.625. The molecule has 18 heavy (non-hydrogen) atoms. The summed E-state index contributed by atoms with van der Waals surface area (Å²) in [5.41, 5.74) is 2.15. The summed E-state index contributed by atoms with van der Waals surface area (Å²) in [6, 6.07) is 6.55. The first-order valence-electron chi connectivity index (χ1n) is 7.27. The highest BCUT2D eigenvalue weighted by molar-refractivity contribution is 5.35. The van der Waals surface area contributed by atoms with Gasteiger partial charge in [0.2, 0.25) is 0 Å². The molecule has 0 amide bonds. The first-order chi connectivity index (χ1) is 8.74. The molecule has 2 aliphatic rings. The van der Waals surface area contributed by atoms with Crippen molar-refractivity contribution in [3.8, 4) is 0 Å². The van der Waals surface area contributed by atoms with Gasteiger partial charge in [0, 0.05) is 12.1 Å². The number of hydrogen-bond donors (Lipinski definition) is 1. The first kappa shape index (κ1) is 12.2. The summed E-state index contributed by atoms with van der Waals surface area (Å²) >= 11 is 0. The van der Waals surface area contributed by atoms with Crippen molar-refractivity contribution in [1.29, 1.82) is 0 Å². The van der Waals surface area contributed by atoms with Gasteiger partial charge in [-0.3, -0.25) is 0 Å². The lowest BCUT2D eigenvalue weighted by molar-refractivity contribution is 0.286. The molecular formula is C16H22FN. The van der Waals surface area contributed by atoms with Crippen LogP contribution in [-0.4, -0.2) is 6.04 Å². The second-order valence-electron chi connectivity index (χ2n) is 6.02. The van der Waals surface area contributed by atoms with Gasteiger partial charge in [-0.05, 0) is 61.6 Å². The van der Waals surface area contributed by atoms with Crippen LogP contribution in [0.15, 0.2) is 18.2 Å². The summed E-state index contributed by atoms with van der Waals surface area (Å²) in [5, 5.41) is 3.76. The van der Waals surface area contributed by atoms with E-state index in [1.54, 1.807) is 6.07 Å². The average Bonchev–Trinajstić information content (AvgIpc) is 2.77. The molecule has 0 heterocycles. The molecule has 1 atom stereocenters. The number of nitrogens with one attached hydrogen (secondary N) is 1. The molecule has 1 aromatic rings. The largest absolute Gasteiger partial charge is 0.307 e. The van der Waals surface area contributed by atoms with E-state index in [2.05, 4.69) is 18.3 Å². The maximum atomic E-state index is 13.7. The van der Waals surface area contributed by atoms with Crippen LogP contribution in [0.3, 0.4) is 0 Å². The number of hydrogen-bond acceptors (Lipinski definition) is 1. The van der Waals surface area contributed by atoms with E-state index in [0.717, 1.165) is 24.3 Å². The Balaban J connectivity index is 1.68. The number of halogens is 1. The molecule has 3 rings (SSSR count). The monoisotopic (exact) mass is 247 g/mol. The molecule has 1 fully saturated rings. The molecule has 98 valence electrons. The lowest BCUT2D eigenvalue weighted by Crippen LogP contribution is -2.34. The van der Waals surface area contributed by atoms with Crippen molar-refractivity contribution in [2.24, 2.45) is 5.92 Å². The molecule has 0 aromatic heterocycles. The second-order valence-corrected chi connectivity index (χ2v) is 6.02. The fourth-order valence-electron chi connectivity index (χ4n) is 3.49. The SMILES string of the molecule is CC1CCC(NC2CCc3c(F)cccc32)CC1. The Kier molecular flexibility index (Phi) is 3.38. The average molecular weight is 247 g/mol. The van der Waals surface area contributed by atoms with Crippen LogP contribution >= 0.6 is 0 Å². The quantitative estimate of drug-likeness (QED) is 0.833. The molecule has 2 heteroatoms. The summed E-state index contributed by atoms with van der Waals surface area (Å²) in [7, 11) is 0. The van der Waals surface area contributed by atoms with E-state index in [9.17, 15) is 4.39 Å². The van der Waals surface area contributed by atoms with E-state index in [1.165, 1.54) is 31.2 Å². The number of benzene rings is 1. The van der Waals surface area contributed by atoms with Gasteiger partial charge >= 0.3 is 0 Å². The van der Waals surface area contributed by atoms with Gasteiger partial charge in [-0.1, -0.05) is 19.1 Å². The third-order valence-electron chi connectivity index (χ3n) is 4.67. The van der Waals surface area contributed by atoms with Crippen LogP contribution in [0.4, 0.5) is 4.39 Å². The Morgan fingerprint density at radius 3 is 2.67 bits per heavy atom. The Bertz CT molecular complexity index is 421. The van der Waals surface area contributed by atoms with Gasteiger partial charge in [-0.2, -0.15) is 0 Å². The minimum Gasteiger partial charge on any atom is -0.307 e. The minimum atomic E-state index is -0.0194. The molecule has 2 aliphatic carbocycles. The summed E-state index contributed by atoms with van der Waals surface area (Å²) < 4.78 is 13.7. The van der Waals surface area contributed by atoms with Gasteiger partial charge in [0.25, 0.3) is 0 Å². The summed E-state index contributed by atoms with van der Waals surface area (Å²) in [6.45, 7) is 2.34. The van der Waals surface area contributed by atoms with Gasteiger partial charge in [0.15, 0.2) is 0 Å². The van der Waals surface area contributed by atoms with Crippen LogP contribution in [0.2, 0.25) is 0 Å². The zero-order valence-electron chi connectivity index (χ0n) is 11.1. The molecule has 1 unspecified atom stereocenters. The Hall–Kier alpha value is -0.890. The van der Waals surface area contributed by atoms with Gasteiger partial charge in [0.05, 0.1) is 0 Å². The van der Waals surface area contributed by atoms with Crippen LogP contribution < -0.4 is 5.32 Å². The molecule has 0 saturated heterocycles. The van der Waals surface area contributed by atoms with Crippen LogP contribution in [0, 0.1) is 11.7 Å². The van der Waals surface area contributed by atoms with E-state index in [1.807, 2.05) is 6.07 Å². The Morgan fingerprint density at radius 1 is 1.11 bits per heavy atom. The predicted octanol–water partition coefficient (Wildman–Crippen LogP) is 3.98. The highest BCUT2D eigenvalue weighted by Gasteiger charge is 2.27. The molecule has 0 bridgehead atoms. The molecule has 0 spiro atoms. The molecule has 1 N–H and O–H groups in total. The van der Waals surface area contributed by atoms with Crippen LogP contribution in [0.25, 0.3) is 0 Å². The standard InChI is InChI=1S/C16H22FN/c1-11-5-7-12(8-6-11)18-16-10-9-13-14(16)3-2-4-15(13)17/h2-4,11-12,16,18H,5-10H2,1H3. The normalized spacial score (nSPS) is 31.3. The van der Waals surface area contributed by atoms with Gasteiger partial charge in [-0.25, -0.2) is 4.39 Å². The number of fused-ring (bicyclic) bond motifs is 1. The van der Waals surface area contributed by atoms with Gasteiger partial charge in [0.1, 0.15) is 5.82 Å². The van der Waals surface area contributed by atoms with Crippen molar-refractivity contribution < 1.29 is 4.39 Å². The van der Waals surface area contributed by atoms with E-state index >= 15 is 0 Å². The predicted molar refractivity (Wildman–Crippen MR) is 72.0 cm³/mol. The summed E-state index contributed by atoms with van der Waals surface area (Å²) in [4.78, 5) is 0. The van der Waals surface area contributed by atoms with E-state index in [4.69, 9.17) is 0 Å². The van der Waals surface area contributed by atoms with Crippen molar-refractivity contribution in [2.75, 3.05) is 0 Å². The van der Waals surface area contributed by atoms with E-state index in [0.29, 0.717) is 12.1 Å². The van der Waals surface area contributed by atoms with Gasteiger partial charge in [-0.15, -0.1) is 0 Å². The lowest BCUT2D eigenvalue weighted by atomic mass is 9.87. The molecular weight excluding hydrogens is 225 g/mol. The smallest absolute Gasteiger partial charge is 0.126 e. The Morgan fingerprint density at radius 2 is 1.89 bits per heavy atom. The van der Waals surface area contributed by atoms with E-state index < -0.39 is 0 Å². The Labute approximate surface area is 109 Å². The van der Waals surface area contributed by atoms with Crippen molar-refractivity contribution in [1.82, 2.24) is 5.32 Å². The maximum Gasteiger partial charge on any atom is 0.126 e. The summed E-state index contributed by atoms with van der Waals surface area (Å²) in [6.07, 6.45) is 7.18. The summed E-state index contributed by atoms with van der Waals surface area (Å²) in [5.74, 6) is 0.866. The molecule has 0 aliphatic heterocycles. The topological polar surface area (TPSA) is 12.0 Å². The first-order valence-corrected chi connectivity index (χ1v) is 7.27. The van der Waals surface area contributed by atoms with Crippen molar-refractivity contribution in [3.05, 3.63) is 35.1 Å². The maximum absolute atomic E-state index is 13.7. The third kappa shape index (κ3) is 2.31.